The molecule has 1 amide bonds. The van der Waals surface area contributed by atoms with Crippen LogP contribution in [0.1, 0.15) is 27.6 Å². The largest absolute Gasteiger partial charge is 0.485 e. The molecule has 0 aliphatic carbocycles. The number of anilines is 1. The van der Waals surface area contributed by atoms with Crippen molar-refractivity contribution < 1.29 is 14.1 Å². The highest BCUT2D eigenvalue weighted by Crippen LogP contribution is 2.22. The molecule has 0 saturated heterocycles. The first-order chi connectivity index (χ1) is 14.1. The van der Waals surface area contributed by atoms with Crippen molar-refractivity contribution in [3.63, 3.8) is 0 Å². The van der Waals surface area contributed by atoms with Gasteiger partial charge in [0.25, 0.3) is 5.91 Å². The Bertz CT molecular complexity index is 1140. The summed E-state index contributed by atoms with van der Waals surface area (Å²) >= 11 is 0. The predicted octanol–water partition coefficient (Wildman–Crippen LogP) is 2.49. The number of aromatic nitrogens is 6. The molecule has 10 nitrogen and oxygen atoms in total. The number of hydrogen-bond donors (Lipinski definition) is 1. The van der Waals surface area contributed by atoms with E-state index in [1.54, 1.807) is 41.9 Å². The number of carbonyl (C=O) groups is 1. The van der Waals surface area contributed by atoms with Gasteiger partial charge >= 0.3 is 0 Å². The van der Waals surface area contributed by atoms with Gasteiger partial charge in [0, 0.05) is 12.6 Å². The molecule has 2 heterocycles. The van der Waals surface area contributed by atoms with E-state index in [2.05, 4.69) is 31.0 Å². The summed E-state index contributed by atoms with van der Waals surface area (Å²) in [4.78, 5) is 16.9. The van der Waals surface area contributed by atoms with E-state index < -0.39 is 0 Å². The number of tetrazole rings is 1. The van der Waals surface area contributed by atoms with Crippen LogP contribution in [-0.2, 0) is 6.61 Å². The quantitative estimate of drug-likeness (QED) is 0.532. The maximum Gasteiger partial charge on any atom is 0.259 e. The molecule has 10 heteroatoms. The van der Waals surface area contributed by atoms with Gasteiger partial charge in [-0.25, -0.2) is 4.68 Å². The van der Waals surface area contributed by atoms with Crippen molar-refractivity contribution in [1.82, 2.24) is 30.3 Å². The van der Waals surface area contributed by atoms with Crippen molar-refractivity contribution in [2.45, 2.75) is 20.5 Å². The zero-order valence-electron chi connectivity index (χ0n) is 15.7. The predicted molar refractivity (Wildman–Crippen MR) is 102 cm³/mol. The summed E-state index contributed by atoms with van der Waals surface area (Å²) < 4.78 is 12.2. The Morgan fingerprint density at radius 1 is 1.21 bits per heavy atom. The summed E-state index contributed by atoms with van der Waals surface area (Å²) in [7, 11) is 0. The van der Waals surface area contributed by atoms with E-state index >= 15 is 0 Å². The Morgan fingerprint density at radius 3 is 2.79 bits per heavy atom. The monoisotopic (exact) mass is 391 g/mol. The smallest absolute Gasteiger partial charge is 0.259 e. The fourth-order valence-electron chi connectivity index (χ4n) is 2.78. The summed E-state index contributed by atoms with van der Waals surface area (Å²) in [5, 5.41) is 17.8. The Morgan fingerprint density at radius 2 is 2.07 bits per heavy atom. The summed E-state index contributed by atoms with van der Waals surface area (Å²) in [6, 6.07) is 12.4. The van der Waals surface area contributed by atoms with E-state index in [0.29, 0.717) is 28.7 Å². The zero-order chi connectivity index (χ0) is 20.2. The van der Waals surface area contributed by atoms with Crippen LogP contribution in [0.4, 0.5) is 5.69 Å². The lowest BCUT2D eigenvalue weighted by Gasteiger charge is -2.12. The SMILES string of the molecule is Cc1nc(COc2ccccc2C(=O)Nc2ccc(-n3cnnn3)c(C)c2)no1. The van der Waals surface area contributed by atoms with Crippen LogP contribution in [0.5, 0.6) is 5.75 Å². The molecule has 0 aliphatic rings. The van der Waals surface area contributed by atoms with E-state index in [1.807, 2.05) is 19.1 Å². The van der Waals surface area contributed by atoms with Crippen LogP contribution in [0.3, 0.4) is 0 Å². The first-order valence-corrected chi connectivity index (χ1v) is 8.76. The fourth-order valence-corrected chi connectivity index (χ4v) is 2.78. The maximum absolute atomic E-state index is 12.8. The number of hydrogen-bond acceptors (Lipinski definition) is 8. The van der Waals surface area contributed by atoms with Crippen LogP contribution in [0, 0.1) is 13.8 Å². The van der Waals surface area contributed by atoms with Gasteiger partial charge in [0.15, 0.2) is 6.61 Å². The van der Waals surface area contributed by atoms with Gasteiger partial charge in [-0.15, -0.1) is 5.10 Å². The van der Waals surface area contributed by atoms with Crippen molar-refractivity contribution in [2.75, 3.05) is 5.32 Å². The molecule has 0 bridgehead atoms. The molecule has 0 saturated carbocycles. The highest BCUT2D eigenvalue weighted by atomic mass is 16.5. The Kier molecular flexibility index (Phi) is 4.97. The second-order valence-electron chi connectivity index (χ2n) is 6.22. The first-order valence-electron chi connectivity index (χ1n) is 8.76. The molecule has 29 heavy (non-hydrogen) atoms. The van der Waals surface area contributed by atoms with Gasteiger partial charge in [0.05, 0.1) is 11.3 Å². The van der Waals surface area contributed by atoms with Crippen LogP contribution in [-0.4, -0.2) is 36.3 Å². The second kappa shape index (κ2) is 7.89. The number of rotatable bonds is 6. The van der Waals surface area contributed by atoms with E-state index in [4.69, 9.17) is 9.26 Å². The third-order valence-corrected chi connectivity index (χ3v) is 4.11. The average molecular weight is 391 g/mol. The van der Waals surface area contributed by atoms with Gasteiger partial charge in [-0.05, 0) is 53.2 Å². The molecule has 0 aliphatic heterocycles. The van der Waals surface area contributed by atoms with Gasteiger partial charge in [-0.2, -0.15) is 4.98 Å². The summed E-state index contributed by atoms with van der Waals surface area (Å²) in [5.41, 5.74) is 2.78. The van der Waals surface area contributed by atoms with Crippen molar-refractivity contribution in [3.05, 3.63) is 71.6 Å². The zero-order valence-corrected chi connectivity index (χ0v) is 15.7. The lowest BCUT2D eigenvalue weighted by molar-refractivity contribution is 0.102. The maximum atomic E-state index is 12.8. The summed E-state index contributed by atoms with van der Waals surface area (Å²) in [5.74, 6) is 0.996. The Hall–Kier alpha value is -4.08. The van der Waals surface area contributed by atoms with Crippen molar-refractivity contribution in [3.8, 4) is 11.4 Å². The van der Waals surface area contributed by atoms with Gasteiger partial charge in [0.1, 0.15) is 12.1 Å². The minimum absolute atomic E-state index is 0.0986. The van der Waals surface area contributed by atoms with Gasteiger partial charge in [-0.1, -0.05) is 17.3 Å². The molecular weight excluding hydrogens is 374 g/mol. The van der Waals surface area contributed by atoms with E-state index in [9.17, 15) is 4.79 Å². The van der Waals surface area contributed by atoms with Gasteiger partial charge < -0.3 is 14.6 Å². The average Bonchev–Trinajstić information content (AvgIpc) is 3.38. The molecule has 1 N–H and O–H groups in total. The third-order valence-electron chi connectivity index (χ3n) is 4.11. The number of para-hydroxylation sites is 1. The minimum Gasteiger partial charge on any atom is -0.485 e. The summed E-state index contributed by atoms with van der Waals surface area (Å²) in [6.07, 6.45) is 1.51. The number of nitrogens with one attached hydrogen (secondary N) is 1. The lowest BCUT2D eigenvalue weighted by Crippen LogP contribution is -2.14. The van der Waals surface area contributed by atoms with Gasteiger partial charge in [0.2, 0.25) is 11.7 Å². The van der Waals surface area contributed by atoms with E-state index in [1.165, 1.54) is 6.33 Å². The molecule has 0 unspecified atom stereocenters. The van der Waals surface area contributed by atoms with Crippen molar-refractivity contribution >= 4 is 11.6 Å². The number of carbonyl (C=O) groups excluding carboxylic acids is 1. The highest BCUT2D eigenvalue weighted by molar-refractivity contribution is 6.06. The van der Waals surface area contributed by atoms with E-state index in [0.717, 1.165) is 11.3 Å². The number of aryl methyl sites for hydroxylation is 2. The number of ether oxygens (including phenoxy) is 1. The number of benzene rings is 2. The third kappa shape index (κ3) is 4.10. The fraction of sp³-hybridized carbons (Fsp3) is 0.158. The highest BCUT2D eigenvalue weighted by Gasteiger charge is 2.14. The second-order valence-corrected chi connectivity index (χ2v) is 6.22. The van der Waals surface area contributed by atoms with Crippen LogP contribution in [0.2, 0.25) is 0 Å². The molecule has 0 spiro atoms. The Labute approximate surface area is 165 Å². The van der Waals surface area contributed by atoms with Crippen LogP contribution in [0.25, 0.3) is 5.69 Å². The number of nitrogens with zero attached hydrogens (tertiary/aromatic N) is 6. The van der Waals surface area contributed by atoms with E-state index in [-0.39, 0.29) is 12.5 Å². The van der Waals surface area contributed by atoms with Crippen LogP contribution < -0.4 is 10.1 Å². The molecule has 2 aromatic heterocycles. The number of amides is 1. The first kappa shape index (κ1) is 18.3. The topological polar surface area (TPSA) is 121 Å². The van der Waals surface area contributed by atoms with Gasteiger partial charge in [-0.3, -0.25) is 4.79 Å². The lowest BCUT2D eigenvalue weighted by atomic mass is 10.1. The molecule has 2 aromatic carbocycles. The molecule has 0 atom stereocenters. The molecule has 0 fully saturated rings. The Balaban J connectivity index is 1.49. The molecular formula is C19H17N7O3. The molecule has 4 rings (SSSR count). The molecule has 4 aromatic rings. The van der Waals surface area contributed by atoms with Crippen LogP contribution in [0.15, 0.2) is 53.3 Å². The molecule has 0 radical (unpaired) electrons. The minimum atomic E-state index is -0.292. The normalized spacial score (nSPS) is 10.7. The van der Waals surface area contributed by atoms with Crippen molar-refractivity contribution in [2.24, 2.45) is 0 Å². The van der Waals surface area contributed by atoms with Crippen molar-refractivity contribution in [1.29, 1.82) is 0 Å². The molecule has 146 valence electrons. The van der Waals surface area contributed by atoms with Crippen LogP contribution >= 0.6 is 0 Å². The summed E-state index contributed by atoms with van der Waals surface area (Å²) in [6.45, 7) is 3.71. The standard InChI is InChI=1S/C19H17N7O3/c1-12-9-14(7-8-16(12)26-11-20-24-25-26)22-19(27)15-5-3-4-6-17(15)28-10-18-21-13(2)29-23-18/h3-9,11H,10H2,1-2H3,(H,22,27).